The molecule has 3 N–H and O–H groups in total. The van der Waals surface area contributed by atoms with E-state index in [1.54, 1.807) is 6.20 Å². The van der Waals surface area contributed by atoms with Crippen molar-refractivity contribution in [2.24, 2.45) is 0 Å². The first-order chi connectivity index (χ1) is 8.31. The summed E-state index contributed by atoms with van der Waals surface area (Å²) in [6, 6.07) is 2.42. The molecule has 2 heterocycles. The highest BCUT2D eigenvalue weighted by Gasteiger charge is 2.25. The number of nitrogens with two attached hydrogens (primary N) is 1. The van der Waals surface area contributed by atoms with E-state index in [4.69, 9.17) is 5.73 Å². The second-order valence-electron chi connectivity index (χ2n) is 4.49. The van der Waals surface area contributed by atoms with E-state index in [9.17, 15) is 0 Å². The van der Waals surface area contributed by atoms with Crippen molar-refractivity contribution in [3.63, 3.8) is 0 Å². The van der Waals surface area contributed by atoms with Crippen molar-refractivity contribution in [2.45, 2.75) is 37.5 Å². The van der Waals surface area contributed by atoms with Crippen LogP contribution in [0.25, 0.3) is 0 Å². The third-order valence-corrected chi connectivity index (χ3v) is 4.78. The highest BCUT2D eigenvalue weighted by Crippen LogP contribution is 2.30. The molecule has 0 bridgehead atoms. The fourth-order valence-electron chi connectivity index (χ4n) is 2.36. The summed E-state index contributed by atoms with van der Waals surface area (Å²) in [5.41, 5.74) is 8.03. The van der Waals surface area contributed by atoms with Gasteiger partial charge in [0.15, 0.2) is 0 Å². The zero-order valence-electron chi connectivity index (χ0n) is 10.4. The zero-order valence-corrected chi connectivity index (χ0v) is 11.2. The number of hydrogen-bond acceptors (Lipinski definition) is 4. The highest BCUT2D eigenvalue weighted by atomic mass is 32.2. The van der Waals surface area contributed by atoms with E-state index in [2.05, 4.69) is 29.0 Å². The van der Waals surface area contributed by atoms with Crippen LogP contribution in [0.15, 0.2) is 18.5 Å². The van der Waals surface area contributed by atoms with E-state index < -0.39 is 0 Å². The van der Waals surface area contributed by atoms with Gasteiger partial charge in [-0.25, -0.2) is 0 Å². The number of anilines is 1. The molecule has 1 aromatic heterocycles. The Morgan fingerprint density at radius 1 is 1.65 bits per heavy atom. The van der Waals surface area contributed by atoms with Crippen LogP contribution in [0.3, 0.4) is 0 Å². The molecular weight excluding hydrogens is 230 g/mol. The highest BCUT2D eigenvalue weighted by molar-refractivity contribution is 8.00. The second-order valence-corrected chi connectivity index (χ2v) is 5.84. The first-order valence-electron chi connectivity index (χ1n) is 6.34. The molecule has 4 heteroatoms. The molecular formula is C13H21N3S. The number of hydrogen-bond donors (Lipinski definition) is 2. The lowest BCUT2D eigenvalue weighted by atomic mass is 10.0. The van der Waals surface area contributed by atoms with E-state index >= 15 is 0 Å². The van der Waals surface area contributed by atoms with Crippen molar-refractivity contribution in [1.29, 1.82) is 0 Å². The Balaban J connectivity index is 2.04. The van der Waals surface area contributed by atoms with Crippen LogP contribution in [0.2, 0.25) is 0 Å². The van der Waals surface area contributed by atoms with Crippen molar-refractivity contribution < 1.29 is 0 Å². The molecule has 1 saturated heterocycles. The minimum atomic E-state index is 0.527. The Morgan fingerprint density at radius 3 is 3.18 bits per heavy atom. The Bertz CT molecular complexity index is 350. The molecule has 3 nitrogen and oxygen atoms in total. The quantitative estimate of drug-likeness (QED) is 0.841. The maximum Gasteiger partial charge on any atom is 0.0378 e. The minimum Gasteiger partial charge on any atom is -0.398 e. The maximum atomic E-state index is 5.99. The fraction of sp³-hybridized carbons (Fsp3) is 0.615. The number of aromatic nitrogens is 1. The van der Waals surface area contributed by atoms with Crippen LogP contribution in [0.5, 0.6) is 0 Å². The van der Waals surface area contributed by atoms with Crippen LogP contribution in [-0.2, 0) is 6.42 Å². The average Bonchev–Trinajstić information content (AvgIpc) is 2.85. The fourth-order valence-corrected chi connectivity index (χ4v) is 3.76. The van der Waals surface area contributed by atoms with Gasteiger partial charge in [-0.05, 0) is 43.2 Å². The van der Waals surface area contributed by atoms with Gasteiger partial charge in [-0.2, -0.15) is 11.8 Å². The summed E-state index contributed by atoms with van der Waals surface area (Å²) in [4.78, 5) is 4.17. The van der Waals surface area contributed by atoms with E-state index in [1.807, 2.05) is 12.3 Å². The summed E-state index contributed by atoms with van der Waals surface area (Å²) in [5.74, 6) is 1.30. The maximum absolute atomic E-state index is 5.99. The van der Waals surface area contributed by atoms with E-state index in [0.29, 0.717) is 6.04 Å². The van der Waals surface area contributed by atoms with Crippen LogP contribution in [0, 0.1) is 0 Å². The third-order valence-electron chi connectivity index (χ3n) is 3.26. The summed E-state index contributed by atoms with van der Waals surface area (Å²) in [6.45, 7) is 3.18. The molecule has 1 aliphatic rings. The molecule has 1 aromatic rings. The number of thioether (sulfide) groups is 1. The van der Waals surface area contributed by atoms with Crippen LogP contribution in [0.4, 0.5) is 5.69 Å². The molecule has 0 radical (unpaired) electrons. The summed E-state index contributed by atoms with van der Waals surface area (Å²) < 4.78 is 0. The number of nitrogens with one attached hydrogen (secondary N) is 1. The van der Waals surface area contributed by atoms with Crippen molar-refractivity contribution in [3.8, 4) is 0 Å². The number of nitrogen functional groups attached to an aromatic ring is 1. The van der Waals surface area contributed by atoms with Crippen molar-refractivity contribution in [2.75, 3.05) is 18.0 Å². The summed E-state index contributed by atoms with van der Waals surface area (Å²) in [7, 11) is 0. The first-order valence-corrected chi connectivity index (χ1v) is 7.39. The van der Waals surface area contributed by atoms with Crippen LogP contribution in [0.1, 0.15) is 25.3 Å². The van der Waals surface area contributed by atoms with Crippen molar-refractivity contribution >= 4 is 17.4 Å². The average molecular weight is 251 g/mol. The van der Waals surface area contributed by atoms with Gasteiger partial charge in [-0.1, -0.05) is 6.92 Å². The molecule has 0 spiro atoms. The Morgan fingerprint density at radius 2 is 2.53 bits per heavy atom. The molecule has 1 fully saturated rings. The molecule has 0 aromatic carbocycles. The van der Waals surface area contributed by atoms with E-state index in [1.165, 1.54) is 24.2 Å². The van der Waals surface area contributed by atoms with Crippen LogP contribution < -0.4 is 11.1 Å². The Labute approximate surface area is 108 Å². The molecule has 2 rings (SSSR count). The van der Waals surface area contributed by atoms with Gasteiger partial charge in [0.05, 0.1) is 0 Å². The standard InChI is InChI=1S/C13H21N3S/c1-2-16-12(13-4-3-7-17-13)8-10-9-15-6-5-11(10)14/h5-6,9,12-13,16H,2-4,7-8H2,1H3,(H2,14,15). The van der Waals surface area contributed by atoms with Gasteiger partial charge >= 0.3 is 0 Å². The van der Waals surface area contributed by atoms with Gasteiger partial charge in [-0.15, -0.1) is 0 Å². The molecule has 17 heavy (non-hydrogen) atoms. The van der Waals surface area contributed by atoms with Crippen LogP contribution >= 0.6 is 11.8 Å². The van der Waals surface area contributed by atoms with Gasteiger partial charge < -0.3 is 11.1 Å². The Hall–Kier alpha value is -0.740. The molecule has 2 unspecified atom stereocenters. The topological polar surface area (TPSA) is 50.9 Å². The Kier molecular flexibility index (Phi) is 4.68. The molecule has 0 saturated carbocycles. The number of likely N-dealkylation sites (N-methyl/N-ethyl adjacent to an activating group) is 1. The largest absolute Gasteiger partial charge is 0.398 e. The van der Waals surface area contributed by atoms with E-state index in [0.717, 1.165) is 23.9 Å². The normalized spacial score (nSPS) is 21.6. The van der Waals surface area contributed by atoms with Gasteiger partial charge in [0.1, 0.15) is 0 Å². The monoisotopic (exact) mass is 251 g/mol. The summed E-state index contributed by atoms with van der Waals surface area (Å²) in [5, 5.41) is 4.33. The molecule has 2 atom stereocenters. The predicted octanol–water partition coefficient (Wildman–Crippen LogP) is 2.08. The van der Waals surface area contributed by atoms with Crippen molar-refractivity contribution in [1.82, 2.24) is 10.3 Å². The summed E-state index contributed by atoms with van der Waals surface area (Å²) >= 11 is 2.09. The van der Waals surface area contributed by atoms with Gasteiger partial charge in [0.2, 0.25) is 0 Å². The first kappa shape index (κ1) is 12.7. The lowest BCUT2D eigenvalue weighted by Gasteiger charge is -2.24. The number of pyridine rings is 1. The summed E-state index contributed by atoms with van der Waals surface area (Å²) in [6.07, 6.45) is 7.32. The van der Waals surface area contributed by atoms with Gasteiger partial charge in [0.25, 0.3) is 0 Å². The van der Waals surface area contributed by atoms with Gasteiger partial charge in [-0.3, -0.25) is 4.98 Å². The number of nitrogens with zero attached hydrogens (tertiary/aromatic N) is 1. The molecule has 1 aliphatic heterocycles. The van der Waals surface area contributed by atoms with Crippen LogP contribution in [-0.4, -0.2) is 28.6 Å². The smallest absolute Gasteiger partial charge is 0.0378 e. The third kappa shape index (κ3) is 3.36. The predicted molar refractivity (Wildman–Crippen MR) is 75.3 cm³/mol. The molecule has 0 amide bonds. The SMILES string of the molecule is CCNC(Cc1cnccc1N)C1CCCS1. The molecule has 94 valence electrons. The number of rotatable bonds is 5. The lowest BCUT2D eigenvalue weighted by molar-refractivity contribution is 0.495. The molecule has 0 aliphatic carbocycles. The second kappa shape index (κ2) is 6.26. The van der Waals surface area contributed by atoms with E-state index in [-0.39, 0.29) is 0 Å². The lowest BCUT2D eigenvalue weighted by Crippen LogP contribution is -2.39. The zero-order chi connectivity index (χ0) is 12.1. The van der Waals surface area contributed by atoms with Crippen molar-refractivity contribution in [3.05, 3.63) is 24.0 Å². The van der Waals surface area contributed by atoms with Gasteiger partial charge in [0, 0.05) is 29.4 Å². The minimum absolute atomic E-state index is 0.527.